The first-order chi connectivity index (χ1) is 10.9. The van der Waals surface area contributed by atoms with E-state index < -0.39 is 16.6 Å². The molecule has 0 bridgehead atoms. The first-order valence-electron chi connectivity index (χ1n) is 6.59. The number of aliphatic hydroxyl groups is 2. The van der Waals surface area contributed by atoms with E-state index >= 15 is 0 Å². The number of carbonyl (C=O) groups excluding carboxylic acids is 1. The van der Waals surface area contributed by atoms with E-state index in [1.807, 2.05) is 0 Å². The lowest BCUT2D eigenvalue weighted by Gasteiger charge is -2.16. The van der Waals surface area contributed by atoms with Crippen molar-refractivity contribution in [1.82, 2.24) is 0 Å². The molecule has 1 heterocycles. The number of non-ortho nitro benzene ring substituents is 1. The van der Waals surface area contributed by atoms with Crippen molar-refractivity contribution in [2.75, 3.05) is 5.01 Å². The molecular formula is C15H11N3O5. The van der Waals surface area contributed by atoms with Crippen molar-refractivity contribution in [2.24, 2.45) is 5.10 Å². The lowest BCUT2D eigenvalue weighted by Crippen LogP contribution is -2.46. The highest BCUT2D eigenvalue weighted by Gasteiger charge is 2.49. The highest BCUT2D eigenvalue weighted by Crippen LogP contribution is 2.28. The van der Waals surface area contributed by atoms with Gasteiger partial charge >= 0.3 is 5.91 Å². The van der Waals surface area contributed by atoms with Gasteiger partial charge in [-0.3, -0.25) is 14.9 Å². The molecule has 1 aliphatic heterocycles. The molecule has 1 amide bonds. The molecule has 3 rings (SSSR count). The minimum absolute atomic E-state index is 0.153. The van der Waals surface area contributed by atoms with Crippen molar-refractivity contribution in [1.29, 1.82) is 0 Å². The van der Waals surface area contributed by atoms with Crippen molar-refractivity contribution in [3.63, 3.8) is 0 Å². The number of hydrogen-bond acceptors (Lipinski definition) is 6. The van der Waals surface area contributed by atoms with Gasteiger partial charge in [-0.05, 0) is 24.3 Å². The van der Waals surface area contributed by atoms with Crippen LogP contribution in [0, 0.1) is 10.1 Å². The maximum absolute atomic E-state index is 12.2. The lowest BCUT2D eigenvalue weighted by atomic mass is 10.0. The number of benzene rings is 2. The number of anilines is 1. The summed E-state index contributed by atoms with van der Waals surface area (Å²) >= 11 is 0. The first-order valence-corrected chi connectivity index (χ1v) is 6.59. The molecule has 2 aromatic rings. The minimum atomic E-state index is -2.80. The fraction of sp³-hybridized carbons (Fsp3) is 0.0667. The number of carbonyl (C=O) groups is 1. The third-order valence-corrected chi connectivity index (χ3v) is 3.37. The van der Waals surface area contributed by atoms with E-state index in [-0.39, 0.29) is 17.0 Å². The summed E-state index contributed by atoms with van der Waals surface area (Å²) in [4.78, 5) is 22.3. The van der Waals surface area contributed by atoms with Gasteiger partial charge in [-0.1, -0.05) is 18.2 Å². The third kappa shape index (κ3) is 2.45. The summed E-state index contributed by atoms with van der Waals surface area (Å²) in [6, 6.07) is 13.3. The molecule has 1 aliphatic rings. The summed E-state index contributed by atoms with van der Waals surface area (Å²) in [6.07, 6.45) is 0. The van der Waals surface area contributed by atoms with Gasteiger partial charge in [0, 0.05) is 17.7 Å². The Hall–Kier alpha value is -3.10. The normalized spacial score (nSPS) is 16.3. The second-order valence-electron chi connectivity index (χ2n) is 4.88. The Morgan fingerprint density at radius 3 is 2.22 bits per heavy atom. The SMILES string of the molecule is O=C1N(c2ccccc2)N=C(c2ccc([N+](=O)[O-])cc2)C1(O)O. The van der Waals surface area contributed by atoms with Gasteiger partial charge in [-0.2, -0.15) is 10.1 Å². The molecule has 116 valence electrons. The highest BCUT2D eigenvalue weighted by atomic mass is 16.6. The molecule has 0 saturated carbocycles. The van der Waals surface area contributed by atoms with Crippen LogP contribution in [0.5, 0.6) is 0 Å². The van der Waals surface area contributed by atoms with Gasteiger partial charge in [-0.25, -0.2) is 0 Å². The summed E-state index contributed by atoms with van der Waals surface area (Å²) in [5, 5.41) is 35.7. The van der Waals surface area contributed by atoms with Crippen molar-refractivity contribution in [3.8, 4) is 0 Å². The zero-order valence-electron chi connectivity index (χ0n) is 11.7. The first kappa shape index (κ1) is 14.8. The Kier molecular flexibility index (Phi) is 3.40. The van der Waals surface area contributed by atoms with Crippen molar-refractivity contribution in [2.45, 2.75) is 5.79 Å². The molecule has 2 N–H and O–H groups in total. The quantitative estimate of drug-likeness (QED) is 0.498. The lowest BCUT2D eigenvalue weighted by molar-refractivity contribution is -0.384. The van der Waals surface area contributed by atoms with Gasteiger partial charge in [0.15, 0.2) is 0 Å². The molecule has 0 fully saturated rings. The summed E-state index contributed by atoms with van der Waals surface area (Å²) in [5.74, 6) is -3.82. The van der Waals surface area contributed by atoms with E-state index in [2.05, 4.69) is 5.10 Å². The molecular weight excluding hydrogens is 302 g/mol. The summed E-state index contributed by atoms with van der Waals surface area (Å²) in [7, 11) is 0. The molecule has 0 atom stereocenters. The average molecular weight is 313 g/mol. The van der Waals surface area contributed by atoms with E-state index in [1.54, 1.807) is 30.3 Å². The Morgan fingerprint density at radius 2 is 1.65 bits per heavy atom. The highest BCUT2D eigenvalue weighted by molar-refractivity contribution is 6.26. The number of hydrogen-bond donors (Lipinski definition) is 2. The predicted octanol–water partition coefficient (Wildman–Crippen LogP) is 1.03. The van der Waals surface area contributed by atoms with Crippen LogP contribution in [-0.2, 0) is 4.79 Å². The summed E-state index contributed by atoms with van der Waals surface area (Å²) in [6.45, 7) is 0. The van der Waals surface area contributed by atoms with Gasteiger partial charge in [0.05, 0.1) is 10.6 Å². The van der Waals surface area contributed by atoms with E-state index in [0.717, 1.165) is 5.01 Å². The number of amides is 1. The van der Waals surface area contributed by atoms with Gasteiger partial charge in [0.2, 0.25) is 0 Å². The Labute approximate surface area is 130 Å². The van der Waals surface area contributed by atoms with Crippen LogP contribution < -0.4 is 5.01 Å². The van der Waals surface area contributed by atoms with Crippen LogP contribution in [0.1, 0.15) is 5.56 Å². The van der Waals surface area contributed by atoms with Gasteiger partial charge in [0.25, 0.3) is 11.5 Å². The van der Waals surface area contributed by atoms with E-state index in [4.69, 9.17) is 0 Å². The number of para-hydroxylation sites is 1. The second-order valence-corrected chi connectivity index (χ2v) is 4.88. The second kappa shape index (κ2) is 5.27. The van der Waals surface area contributed by atoms with Crippen LogP contribution in [0.25, 0.3) is 0 Å². The molecule has 2 aromatic carbocycles. The van der Waals surface area contributed by atoms with E-state index in [1.165, 1.54) is 24.3 Å². The van der Waals surface area contributed by atoms with Crippen LogP contribution in [0.3, 0.4) is 0 Å². The fourth-order valence-corrected chi connectivity index (χ4v) is 2.21. The molecule has 23 heavy (non-hydrogen) atoms. The zero-order chi connectivity index (χ0) is 16.6. The zero-order valence-corrected chi connectivity index (χ0v) is 11.7. The van der Waals surface area contributed by atoms with Gasteiger partial charge < -0.3 is 10.2 Å². The van der Waals surface area contributed by atoms with Gasteiger partial charge in [-0.15, -0.1) is 0 Å². The van der Waals surface area contributed by atoms with E-state index in [9.17, 15) is 25.1 Å². The van der Waals surface area contributed by atoms with Gasteiger partial charge in [0.1, 0.15) is 5.71 Å². The average Bonchev–Trinajstić information content (AvgIpc) is 2.79. The standard InChI is InChI=1S/C15H11N3O5/c19-14-15(20,21)13(10-6-8-12(9-7-10)18(22)23)16-17(14)11-4-2-1-3-5-11/h1-9,20-21H. The number of nitro groups is 1. The van der Waals surface area contributed by atoms with E-state index in [0.29, 0.717) is 5.69 Å². The van der Waals surface area contributed by atoms with Crippen molar-refractivity contribution in [3.05, 3.63) is 70.3 Å². The third-order valence-electron chi connectivity index (χ3n) is 3.37. The topological polar surface area (TPSA) is 116 Å². The van der Waals surface area contributed by atoms with Crippen LogP contribution in [0.4, 0.5) is 11.4 Å². The molecule has 8 nitrogen and oxygen atoms in total. The molecule has 0 unspecified atom stereocenters. The molecule has 0 aromatic heterocycles. The largest absolute Gasteiger partial charge is 0.353 e. The van der Waals surface area contributed by atoms with Crippen LogP contribution in [0.15, 0.2) is 59.7 Å². The molecule has 8 heteroatoms. The molecule has 0 saturated heterocycles. The molecule has 0 aliphatic carbocycles. The summed E-state index contributed by atoms with van der Waals surface area (Å²) < 4.78 is 0. The number of nitro benzene ring substituents is 1. The van der Waals surface area contributed by atoms with Crippen LogP contribution >= 0.6 is 0 Å². The molecule has 0 radical (unpaired) electrons. The summed E-state index contributed by atoms with van der Waals surface area (Å²) in [5.41, 5.74) is 0.135. The smallest absolute Gasteiger partial charge is 0.314 e. The Bertz CT molecular complexity index is 800. The number of hydrazone groups is 1. The molecule has 0 spiro atoms. The Morgan fingerprint density at radius 1 is 1.04 bits per heavy atom. The minimum Gasteiger partial charge on any atom is -0.353 e. The maximum Gasteiger partial charge on any atom is 0.314 e. The number of rotatable bonds is 3. The van der Waals surface area contributed by atoms with Crippen molar-refractivity contribution >= 4 is 23.0 Å². The predicted molar refractivity (Wildman–Crippen MR) is 80.7 cm³/mol. The number of nitrogens with zero attached hydrogens (tertiary/aromatic N) is 3. The monoisotopic (exact) mass is 313 g/mol. The van der Waals surface area contributed by atoms with Crippen molar-refractivity contribution < 1.29 is 19.9 Å². The fourth-order valence-electron chi connectivity index (χ4n) is 2.21. The Balaban J connectivity index is 2.03. The maximum atomic E-state index is 12.2. The van der Waals surface area contributed by atoms with Crippen LogP contribution in [-0.4, -0.2) is 32.5 Å². The van der Waals surface area contributed by atoms with Crippen LogP contribution in [0.2, 0.25) is 0 Å².